The highest BCUT2D eigenvalue weighted by Crippen LogP contribution is 2.50. The van der Waals surface area contributed by atoms with Gasteiger partial charge in [0.15, 0.2) is 5.78 Å². The fraction of sp³-hybridized carbons (Fsp3) is 0.385. The van der Waals surface area contributed by atoms with Crippen molar-refractivity contribution in [1.82, 2.24) is 14.8 Å². The lowest BCUT2D eigenvalue weighted by Gasteiger charge is -2.25. The number of ketones is 1. The molecule has 0 spiro atoms. The molecule has 0 aliphatic carbocycles. The van der Waals surface area contributed by atoms with Crippen LogP contribution in [0.3, 0.4) is 0 Å². The smallest absolute Gasteiger partial charge is 0.306 e. The van der Waals surface area contributed by atoms with Crippen LogP contribution in [-0.2, 0) is 20.9 Å². The Hall–Kier alpha value is -3.92. The number of nitrogens with zero attached hydrogens (tertiary/aromatic N) is 3. The van der Waals surface area contributed by atoms with Crippen LogP contribution in [0.2, 0.25) is 0 Å². The molecule has 1 aromatic carbocycles. The zero-order valence-electron chi connectivity index (χ0n) is 20.8. The molecule has 0 unspecified atom stereocenters. The Balaban J connectivity index is 2.00. The Morgan fingerprint density at radius 2 is 1.94 bits per heavy atom. The van der Waals surface area contributed by atoms with Crippen LogP contribution in [0.25, 0.3) is 0 Å². The van der Waals surface area contributed by atoms with E-state index in [4.69, 9.17) is 9.47 Å². The largest absolute Gasteiger partial charge is 0.507 e. The molecule has 0 radical (unpaired) electrons. The summed E-state index contributed by atoms with van der Waals surface area (Å²) in [5.41, 5.74) is 2.12. The van der Waals surface area contributed by atoms with Crippen LogP contribution in [-0.4, -0.2) is 48.9 Å². The SMILES string of the molecule is COC(=O)C[C@@H](c1c(O)c(C(C)=O)cc([C@@H]2OCc3cnc(C)c(O)c32)c1O)c1ccnn1C(C)C. The average Bonchev–Trinajstić information content (AvgIpc) is 3.48. The average molecular weight is 496 g/mol. The lowest BCUT2D eigenvalue weighted by molar-refractivity contribution is -0.140. The minimum atomic E-state index is -0.923. The van der Waals surface area contributed by atoms with Crippen LogP contribution in [0.4, 0.5) is 0 Å². The minimum Gasteiger partial charge on any atom is -0.507 e. The van der Waals surface area contributed by atoms with Crippen molar-refractivity contribution < 1.29 is 34.4 Å². The molecule has 0 saturated carbocycles. The van der Waals surface area contributed by atoms with E-state index in [0.29, 0.717) is 22.5 Å². The second-order valence-corrected chi connectivity index (χ2v) is 9.13. The lowest BCUT2D eigenvalue weighted by Crippen LogP contribution is -2.18. The highest BCUT2D eigenvalue weighted by molar-refractivity contribution is 5.98. The van der Waals surface area contributed by atoms with Crippen LogP contribution in [0.1, 0.15) is 89.3 Å². The first kappa shape index (κ1) is 25.2. The minimum absolute atomic E-state index is 0.0205. The van der Waals surface area contributed by atoms with Crippen LogP contribution in [0.5, 0.6) is 17.2 Å². The molecule has 2 aromatic heterocycles. The van der Waals surface area contributed by atoms with Gasteiger partial charge in [-0.1, -0.05) is 0 Å². The van der Waals surface area contributed by atoms with E-state index in [9.17, 15) is 24.9 Å². The molecule has 2 atom stereocenters. The predicted octanol–water partition coefficient (Wildman–Crippen LogP) is 3.80. The van der Waals surface area contributed by atoms with Crippen molar-refractivity contribution in [1.29, 1.82) is 0 Å². The number of aromatic nitrogens is 3. The molecule has 3 heterocycles. The maximum Gasteiger partial charge on any atom is 0.306 e. The molecule has 4 rings (SSSR count). The second kappa shape index (κ2) is 9.62. The monoisotopic (exact) mass is 495 g/mol. The maximum absolute atomic E-state index is 12.6. The van der Waals surface area contributed by atoms with E-state index in [-0.39, 0.29) is 47.3 Å². The van der Waals surface area contributed by atoms with Crippen molar-refractivity contribution in [2.45, 2.75) is 58.8 Å². The van der Waals surface area contributed by atoms with E-state index in [0.717, 1.165) is 0 Å². The first-order chi connectivity index (χ1) is 17.1. The Morgan fingerprint density at radius 3 is 2.58 bits per heavy atom. The third kappa shape index (κ3) is 4.17. The van der Waals surface area contributed by atoms with Crippen molar-refractivity contribution in [2.75, 3.05) is 7.11 Å². The standard InChI is InChI=1S/C26H29N3O7/c1-12(2)29-19(6-7-28-29)17(9-20(31)35-5)22-24(33)16(14(4)30)8-18(25(22)34)26-21-15(11-36-26)10-27-13(3)23(21)32/h6-8,10,12,17,26,32-34H,9,11H2,1-5H3/t17-,26+/m1/s1. The van der Waals surface area contributed by atoms with Gasteiger partial charge in [-0.05, 0) is 39.8 Å². The van der Waals surface area contributed by atoms with Crippen LogP contribution in [0.15, 0.2) is 24.5 Å². The first-order valence-corrected chi connectivity index (χ1v) is 11.6. The summed E-state index contributed by atoms with van der Waals surface area (Å²) in [5, 5.41) is 37.9. The van der Waals surface area contributed by atoms with Crippen molar-refractivity contribution in [3.8, 4) is 17.2 Å². The molecule has 10 heteroatoms. The summed E-state index contributed by atoms with van der Waals surface area (Å²) in [6, 6.07) is 2.96. The number of hydrogen-bond acceptors (Lipinski definition) is 9. The number of pyridine rings is 1. The van der Waals surface area contributed by atoms with Crippen molar-refractivity contribution >= 4 is 11.8 Å². The molecule has 0 fully saturated rings. The van der Waals surface area contributed by atoms with E-state index in [1.807, 2.05) is 13.8 Å². The molecule has 1 aliphatic heterocycles. The van der Waals surface area contributed by atoms with E-state index in [1.54, 1.807) is 30.1 Å². The Kier molecular flexibility index (Phi) is 6.73. The van der Waals surface area contributed by atoms with Gasteiger partial charge in [0.2, 0.25) is 0 Å². The zero-order chi connectivity index (χ0) is 26.3. The van der Waals surface area contributed by atoms with E-state index >= 15 is 0 Å². The van der Waals surface area contributed by atoms with Crippen LogP contribution >= 0.6 is 0 Å². The number of ether oxygens (including phenoxy) is 2. The van der Waals surface area contributed by atoms with Crippen LogP contribution < -0.4 is 0 Å². The second-order valence-electron chi connectivity index (χ2n) is 9.13. The van der Waals surface area contributed by atoms with E-state index < -0.39 is 29.5 Å². The number of aryl methyl sites for hydroxylation is 1. The molecule has 36 heavy (non-hydrogen) atoms. The van der Waals surface area contributed by atoms with Gasteiger partial charge in [-0.3, -0.25) is 19.3 Å². The number of rotatable bonds is 7. The summed E-state index contributed by atoms with van der Waals surface area (Å²) in [4.78, 5) is 29.2. The summed E-state index contributed by atoms with van der Waals surface area (Å²) in [6.45, 7) is 6.89. The summed E-state index contributed by atoms with van der Waals surface area (Å²) >= 11 is 0. The Labute approximate surface area is 208 Å². The Bertz CT molecular complexity index is 1350. The van der Waals surface area contributed by atoms with Gasteiger partial charge < -0.3 is 24.8 Å². The number of esters is 1. The van der Waals surface area contributed by atoms with E-state index in [2.05, 4.69) is 10.1 Å². The number of carbonyl (C=O) groups excluding carboxylic acids is 2. The molecular weight excluding hydrogens is 466 g/mol. The highest BCUT2D eigenvalue weighted by atomic mass is 16.5. The first-order valence-electron chi connectivity index (χ1n) is 11.6. The third-order valence-corrected chi connectivity index (χ3v) is 6.52. The third-order valence-electron chi connectivity index (χ3n) is 6.52. The van der Waals surface area contributed by atoms with Gasteiger partial charge in [0.05, 0.1) is 31.4 Å². The molecule has 0 saturated heterocycles. The summed E-state index contributed by atoms with van der Waals surface area (Å²) in [7, 11) is 1.25. The quantitative estimate of drug-likeness (QED) is 0.329. The van der Waals surface area contributed by atoms with Gasteiger partial charge >= 0.3 is 5.97 Å². The maximum atomic E-state index is 12.6. The molecule has 0 bridgehead atoms. The van der Waals surface area contributed by atoms with Crippen molar-refractivity contribution in [2.24, 2.45) is 0 Å². The molecule has 1 aliphatic rings. The fourth-order valence-electron chi connectivity index (χ4n) is 4.70. The number of aromatic hydroxyl groups is 3. The van der Waals surface area contributed by atoms with E-state index in [1.165, 1.54) is 20.1 Å². The summed E-state index contributed by atoms with van der Waals surface area (Å²) in [6.07, 6.45) is 2.00. The fourth-order valence-corrected chi connectivity index (χ4v) is 4.70. The van der Waals surface area contributed by atoms with Gasteiger partial charge in [-0.2, -0.15) is 5.10 Å². The molecule has 0 amide bonds. The van der Waals surface area contributed by atoms with Crippen LogP contribution in [0, 0.1) is 6.92 Å². The van der Waals surface area contributed by atoms with Gasteiger partial charge in [0.1, 0.15) is 23.4 Å². The van der Waals surface area contributed by atoms with Gasteiger partial charge in [-0.25, -0.2) is 0 Å². The molecular formula is C26H29N3O7. The highest BCUT2D eigenvalue weighted by Gasteiger charge is 2.37. The van der Waals surface area contributed by atoms with Crippen molar-refractivity contribution in [3.05, 3.63) is 63.7 Å². The number of phenols is 2. The van der Waals surface area contributed by atoms with Gasteiger partial charge in [0, 0.05) is 52.3 Å². The zero-order valence-corrected chi connectivity index (χ0v) is 20.8. The lowest BCUT2D eigenvalue weighted by atomic mass is 9.84. The number of phenolic OH excluding ortho intramolecular Hbond substituents is 2. The predicted molar refractivity (Wildman–Crippen MR) is 128 cm³/mol. The number of Topliss-reactive ketones (excluding diaryl/α,β-unsaturated/α-hetero) is 1. The topological polar surface area (TPSA) is 144 Å². The molecule has 10 nitrogen and oxygen atoms in total. The molecule has 3 aromatic rings. The van der Waals surface area contributed by atoms with Gasteiger partial charge in [0.25, 0.3) is 0 Å². The molecule has 3 N–H and O–H groups in total. The number of methoxy groups -OCH3 is 1. The number of hydrogen-bond donors (Lipinski definition) is 3. The summed E-state index contributed by atoms with van der Waals surface area (Å²) < 4.78 is 12.5. The number of carbonyl (C=O) groups is 2. The normalized spacial score (nSPS) is 15.7. The van der Waals surface area contributed by atoms with Crippen molar-refractivity contribution in [3.63, 3.8) is 0 Å². The number of fused-ring (bicyclic) bond motifs is 1. The molecule has 190 valence electrons. The summed E-state index contributed by atoms with van der Waals surface area (Å²) in [5.74, 6) is -2.78. The number of benzene rings is 1. The van der Waals surface area contributed by atoms with Gasteiger partial charge in [-0.15, -0.1) is 0 Å². The Morgan fingerprint density at radius 1 is 1.22 bits per heavy atom.